The van der Waals surface area contributed by atoms with Gasteiger partial charge in [0.1, 0.15) is 11.7 Å². The van der Waals surface area contributed by atoms with Gasteiger partial charge in [-0.3, -0.25) is 9.59 Å². The summed E-state index contributed by atoms with van der Waals surface area (Å²) in [5.41, 5.74) is -7.36. The highest BCUT2D eigenvalue weighted by Gasteiger charge is 2.82. The predicted octanol–water partition coefficient (Wildman–Crippen LogP) is 1.47. The minimum Gasteiger partial charge on any atom is -0.456 e. The molecule has 4 fully saturated rings. The lowest BCUT2D eigenvalue weighted by Gasteiger charge is -2.71. The molecule has 0 amide bonds. The van der Waals surface area contributed by atoms with E-state index in [9.17, 15) is 24.6 Å². The number of hydrogen-bond donors (Lipinski definition) is 2. The summed E-state index contributed by atoms with van der Waals surface area (Å²) in [5, 5.41) is 23.8. The van der Waals surface area contributed by atoms with E-state index >= 15 is 0 Å². The summed E-state index contributed by atoms with van der Waals surface area (Å²) < 4.78 is 23.2. The number of rotatable bonds is 4. The summed E-state index contributed by atoms with van der Waals surface area (Å²) in [5.74, 6) is -2.59. The van der Waals surface area contributed by atoms with Gasteiger partial charge < -0.3 is 29.2 Å². The van der Waals surface area contributed by atoms with Crippen molar-refractivity contribution in [1.82, 2.24) is 0 Å². The van der Waals surface area contributed by atoms with Crippen LogP contribution in [0.2, 0.25) is 0 Å². The fraction of sp³-hybridized carbons (Fsp3) is 0.800. The summed E-state index contributed by atoms with van der Waals surface area (Å²) in [4.78, 5) is 39.0. The average Bonchev–Trinajstić information content (AvgIpc) is 3.57. The first-order valence-corrected chi connectivity index (χ1v) is 11.8. The number of aliphatic hydroxyl groups excluding tert-OH is 1. The number of fused-ring (bicyclic) bond motifs is 3. The molecule has 2 aliphatic carbocycles. The van der Waals surface area contributed by atoms with Gasteiger partial charge in [-0.2, -0.15) is 0 Å². The minimum absolute atomic E-state index is 0.175. The van der Waals surface area contributed by atoms with Crippen LogP contribution < -0.4 is 0 Å². The van der Waals surface area contributed by atoms with Crippen molar-refractivity contribution in [2.75, 3.05) is 6.61 Å². The molecule has 2 N–H and O–H groups in total. The highest BCUT2D eigenvalue weighted by atomic mass is 16.7. The third-order valence-corrected chi connectivity index (χ3v) is 8.84. The van der Waals surface area contributed by atoms with E-state index in [2.05, 4.69) is 6.58 Å². The molecular weight excluding hydrogens is 444 g/mol. The third kappa shape index (κ3) is 3.23. The molecule has 0 radical (unpaired) electrons. The van der Waals surface area contributed by atoms with Crippen molar-refractivity contribution in [3.8, 4) is 0 Å². The van der Waals surface area contributed by atoms with Gasteiger partial charge >= 0.3 is 11.9 Å². The van der Waals surface area contributed by atoms with E-state index in [1.165, 1.54) is 19.9 Å². The van der Waals surface area contributed by atoms with Gasteiger partial charge in [0.05, 0.1) is 18.3 Å². The van der Waals surface area contributed by atoms with Crippen LogP contribution >= 0.6 is 0 Å². The summed E-state index contributed by atoms with van der Waals surface area (Å²) in [6.45, 7) is 13.9. The molecule has 0 bridgehead atoms. The minimum atomic E-state index is -2.25. The van der Waals surface area contributed by atoms with E-state index in [1.807, 2.05) is 13.8 Å². The van der Waals surface area contributed by atoms with Crippen LogP contribution in [0.1, 0.15) is 60.8 Å². The van der Waals surface area contributed by atoms with Crippen LogP contribution in [0.15, 0.2) is 12.7 Å². The molecule has 1 unspecified atom stereocenters. The molecule has 2 heterocycles. The van der Waals surface area contributed by atoms with Crippen molar-refractivity contribution in [2.45, 2.75) is 102 Å². The molecule has 9 heteroatoms. The smallest absolute Gasteiger partial charge is 0.338 e. The SMILES string of the molecule is C=C[C@@]1(C)CC(=O)[C@]2(O)[C@@]3(C)[C@@H](O)CCC(C)(C)[C@@H]3[C@H](OC(=O)C3CO3)[C@H](OC(C)=O)[C@@]2(C)O1. The molecule has 190 valence electrons. The number of carbonyl (C=O) groups excluding carboxylic acids is 3. The highest BCUT2D eigenvalue weighted by molar-refractivity contribution is 5.92. The van der Waals surface area contributed by atoms with Crippen molar-refractivity contribution < 1.29 is 43.5 Å². The topological polar surface area (TPSA) is 132 Å². The molecule has 4 aliphatic rings. The van der Waals surface area contributed by atoms with Gasteiger partial charge in [-0.25, -0.2) is 4.79 Å². The quantitative estimate of drug-likeness (QED) is 0.349. The second-order valence-electron chi connectivity index (χ2n) is 11.6. The molecular formula is C25H36O9. The Hall–Kier alpha value is -1.81. The van der Waals surface area contributed by atoms with Crippen molar-refractivity contribution >= 4 is 17.7 Å². The first-order chi connectivity index (χ1) is 15.6. The molecule has 9 nitrogen and oxygen atoms in total. The molecule has 0 aromatic rings. The average molecular weight is 481 g/mol. The normalized spacial score (nSPS) is 49.3. The van der Waals surface area contributed by atoms with Gasteiger partial charge in [0.2, 0.25) is 0 Å². The number of ketones is 1. The number of ether oxygens (including phenoxy) is 4. The standard InChI is InChI=1S/C25H36O9/c1-8-22(5)11-16(28)25(30)23(6)15(27)9-10-21(3,4)18(23)17(33-20(29)14-12-31-14)19(32-13(2)26)24(25,7)34-22/h8,14-15,17-19,27,30H,1,9-12H2,2-7H3/t14?,15-,17-,18-,19-,22-,23-,24+,25-/m0/s1. The molecule has 34 heavy (non-hydrogen) atoms. The Bertz CT molecular complexity index is 925. The molecule has 0 aromatic heterocycles. The van der Waals surface area contributed by atoms with Gasteiger partial charge in [-0.15, -0.1) is 6.58 Å². The summed E-state index contributed by atoms with van der Waals surface area (Å²) in [7, 11) is 0. The summed E-state index contributed by atoms with van der Waals surface area (Å²) in [6.07, 6.45) is -2.10. The maximum Gasteiger partial charge on any atom is 0.338 e. The van der Waals surface area contributed by atoms with Crippen LogP contribution in [0.5, 0.6) is 0 Å². The molecule has 4 rings (SSSR count). The Morgan fingerprint density at radius 2 is 1.79 bits per heavy atom. The lowest BCUT2D eigenvalue weighted by Crippen LogP contribution is -2.87. The van der Waals surface area contributed by atoms with E-state index in [0.29, 0.717) is 12.8 Å². The van der Waals surface area contributed by atoms with Crippen LogP contribution in [-0.2, 0) is 33.3 Å². The predicted molar refractivity (Wildman–Crippen MR) is 118 cm³/mol. The number of epoxide rings is 1. The van der Waals surface area contributed by atoms with Crippen molar-refractivity contribution in [3.63, 3.8) is 0 Å². The number of esters is 2. The molecule has 2 saturated heterocycles. The van der Waals surface area contributed by atoms with Crippen LogP contribution in [-0.4, -0.2) is 75.8 Å². The second-order valence-corrected chi connectivity index (χ2v) is 11.6. The number of hydrogen-bond acceptors (Lipinski definition) is 9. The van der Waals surface area contributed by atoms with E-state index in [-0.39, 0.29) is 13.0 Å². The Labute approximate surface area is 199 Å². The Morgan fingerprint density at radius 3 is 2.32 bits per heavy atom. The van der Waals surface area contributed by atoms with Gasteiger partial charge in [0.15, 0.2) is 23.6 Å². The van der Waals surface area contributed by atoms with Gasteiger partial charge in [0.25, 0.3) is 0 Å². The lowest BCUT2D eigenvalue weighted by molar-refractivity contribution is -0.371. The summed E-state index contributed by atoms with van der Waals surface area (Å²) >= 11 is 0. The Balaban J connectivity index is 1.99. The van der Waals surface area contributed by atoms with Crippen LogP contribution in [0.4, 0.5) is 0 Å². The monoisotopic (exact) mass is 480 g/mol. The van der Waals surface area contributed by atoms with Gasteiger partial charge in [-0.05, 0) is 32.1 Å². The first-order valence-electron chi connectivity index (χ1n) is 11.8. The summed E-state index contributed by atoms with van der Waals surface area (Å²) in [6, 6.07) is 0. The van der Waals surface area contributed by atoms with Crippen LogP contribution in [0.3, 0.4) is 0 Å². The molecule has 9 atom stereocenters. The Kier molecular flexibility index (Phi) is 5.65. The number of carbonyl (C=O) groups is 3. The highest BCUT2D eigenvalue weighted by Crippen LogP contribution is 2.67. The molecule has 0 aromatic carbocycles. The number of aliphatic hydroxyl groups is 2. The molecule has 2 aliphatic heterocycles. The zero-order valence-corrected chi connectivity index (χ0v) is 20.8. The van der Waals surface area contributed by atoms with Crippen molar-refractivity contribution in [3.05, 3.63) is 12.7 Å². The van der Waals surface area contributed by atoms with Crippen LogP contribution in [0.25, 0.3) is 0 Å². The van der Waals surface area contributed by atoms with E-state index in [4.69, 9.17) is 18.9 Å². The zero-order valence-electron chi connectivity index (χ0n) is 20.8. The maximum atomic E-state index is 13.9. The van der Waals surface area contributed by atoms with Crippen LogP contribution in [0, 0.1) is 16.7 Å². The van der Waals surface area contributed by atoms with Gasteiger partial charge in [-0.1, -0.05) is 26.8 Å². The largest absolute Gasteiger partial charge is 0.456 e. The maximum absolute atomic E-state index is 13.9. The molecule has 0 spiro atoms. The van der Waals surface area contributed by atoms with Gasteiger partial charge in [0, 0.05) is 24.7 Å². The lowest BCUT2D eigenvalue weighted by atomic mass is 9.39. The fourth-order valence-corrected chi connectivity index (χ4v) is 7.14. The van der Waals surface area contributed by atoms with E-state index in [0.717, 1.165) is 0 Å². The van der Waals surface area contributed by atoms with E-state index in [1.54, 1.807) is 13.8 Å². The van der Waals surface area contributed by atoms with E-state index < -0.39 is 75.7 Å². The second kappa shape index (κ2) is 7.59. The van der Waals surface area contributed by atoms with Crippen molar-refractivity contribution in [1.29, 1.82) is 0 Å². The number of Topliss-reactive ketones (excluding diaryl/α,β-unsaturated/α-hetero) is 1. The molecule has 2 saturated carbocycles. The third-order valence-electron chi connectivity index (χ3n) is 8.84. The fourth-order valence-electron chi connectivity index (χ4n) is 7.14. The first kappa shape index (κ1) is 25.3. The zero-order chi connectivity index (χ0) is 25.5. The Morgan fingerprint density at radius 1 is 1.18 bits per heavy atom. The van der Waals surface area contributed by atoms with Crippen molar-refractivity contribution in [2.24, 2.45) is 16.7 Å².